The Morgan fingerprint density at radius 3 is 2.65 bits per heavy atom. The number of hydrogen-bond acceptors (Lipinski definition) is 4. The first-order valence-corrected chi connectivity index (χ1v) is 8.35. The van der Waals surface area contributed by atoms with E-state index in [0.717, 1.165) is 22.4 Å². The Morgan fingerprint density at radius 2 is 1.87 bits per heavy atom. The highest BCUT2D eigenvalue weighted by Gasteiger charge is 2.16. The fraction of sp³-hybridized carbons (Fsp3) is 0.389. The van der Waals surface area contributed by atoms with Gasteiger partial charge in [0.1, 0.15) is 5.82 Å². The van der Waals surface area contributed by atoms with Crippen molar-refractivity contribution in [3.63, 3.8) is 0 Å². The van der Waals surface area contributed by atoms with Crippen LogP contribution in [0.2, 0.25) is 0 Å². The van der Waals surface area contributed by atoms with E-state index in [4.69, 9.17) is 4.98 Å². The maximum absolute atomic E-state index is 4.76. The van der Waals surface area contributed by atoms with Crippen molar-refractivity contribution in [3.05, 3.63) is 42.2 Å². The standard InChI is InChI=1S/C18H21N5/c1-13-11-12-23(22-13)18-20-16-10-6-5-9-15(16)17(21-18)19-14-7-3-2-4-8-14/h5-6,9-12,14H,2-4,7-8H2,1H3,(H,19,20,21). The minimum atomic E-state index is 0.509. The molecule has 0 aliphatic heterocycles. The minimum Gasteiger partial charge on any atom is -0.367 e. The van der Waals surface area contributed by atoms with Gasteiger partial charge in [-0.25, -0.2) is 9.67 Å². The van der Waals surface area contributed by atoms with E-state index in [-0.39, 0.29) is 0 Å². The van der Waals surface area contributed by atoms with Crippen LogP contribution >= 0.6 is 0 Å². The molecule has 0 radical (unpaired) electrons. The zero-order valence-corrected chi connectivity index (χ0v) is 13.4. The number of fused-ring (bicyclic) bond motifs is 1. The van der Waals surface area contributed by atoms with Gasteiger partial charge < -0.3 is 5.32 Å². The summed E-state index contributed by atoms with van der Waals surface area (Å²) in [6.45, 7) is 1.97. The number of aromatic nitrogens is 4. The van der Waals surface area contributed by atoms with Gasteiger partial charge in [0, 0.05) is 17.6 Å². The number of nitrogens with one attached hydrogen (secondary N) is 1. The summed E-state index contributed by atoms with van der Waals surface area (Å²) in [5, 5.41) is 9.16. The molecule has 5 heteroatoms. The number of para-hydroxylation sites is 1. The molecule has 0 amide bonds. The topological polar surface area (TPSA) is 55.6 Å². The van der Waals surface area contributed by atoms with Crippen LogP contribution in [-0.2, 0) is 0 Å². The molecule has 1 aromatic carbocycles. The molecule has 1 aliphatic rings. The lowest BCUT2D eigenvalue weighted by molar-refractivity contribution is 0.462. The molecule has 4 rings (SSSR count). The summed E-state index contributed by atoms with van der Waals surface area (Å²) < 4.78 is 1.74. The van der Waals surface area contributed by atoms with E-state index in [2.05, 4.69) is 21.5 Å². The maximum Gasteiger partial charge on any atom is 0.253 e. The molecule has 23 heavy (non-hydrogen) atoms. The number of hydrogen-bond donors (Lipinski definition) is 1. The van der Waals surface area contributed by atoms with Gasteiger partial charge in [-0.05, 0) is 38.0 Å². The number of benzene rings is 1. The fourth-order valence-electron chi connectivity index (χ4n) is 3.24. The molecule has 1 saturated carbocycles. The van der Waals surface area contributed by atoms with E-state index in [1.54, 1.807) is 4.68 Å². The lowest BCUT2D eigenvalue weighted by Crippen LogP contribution is -2.23. The van der Waals surface area contributed by atoms with Crippen molar-refractivity contribution in [2.24, 2.45) is 0 Å². The molecule has 0 saturated heterocycles. The van der Waals surface area contributed by atoms with E-state index >= 15 is 0 Å². The molecule has 5 nitrogen and oxygen atoms in total. The Hall–Kier alpha value is -2.43. The van der Waals surface area contributed by atoms with Crippen LogP contribution in [-0.4, -0.2) is 25.8 Å². The molecule has 1 N–H and O–H groups in total. The molecule has 1 aliphatic carbocycles. The van der Waals surface area contributed by atoms with E-state index in [1.165, 1.54) is 32.1 Å². The number of rotatable bonds is 3. The molecular formula is C18H21N5. The van der Waals surface area contributed by atoms with Crippen molar-refractivity contribution in [2.45, 2.75) is 45.1 Å². The first-order chi connectivity index (χ1) is 11.3. The smallest absolute Gasteiger partial charge is 0.253 e. The van der Waals surface area contributed by atoms with Gasteiger partial charge in [0.15, 0.2) is 0 Å². The summed E-state index contributed by atoms with van der Waals surface area (Å²) in [6.07, 6.45) is 8.28. The van der Waals surface area contributed by atoms with Crippen molar-refractivity contribution in [3.8, 4) is 5.95 Å². The lowest BCUT2D eigenvalue weighted by atomic mass is 9.95. The molecule has 118 valence electrons. The number of anilines is 1. The van der Waals surface area contributed by atoms with Crippen LogP contribution in [0.4, 0.5) is 5.82 Å². The van der Waals surface area contributed by atoms with Crippen LogP contribution in [0.25, 0.3) is 16.9 Å². The van der Waals surface area contributed by atoms with E-state index < -0.39 is 0 Å². The summed E-state index contributed by atoms with van der Waals surface area (Å²) in [5.41, 5.74) is 1.91. The largest absolute Gasteiger partial charge is 0.367 e. The average Bonchev–Trinajstić information content (AvgIpc) is 3.02. The van der Waals surface area contributed by atoms with Gasteiger partial charge in [0.2, 0.25) is 0 Å². The van der Waals surface area contributed by atoms with Crippen molar-refractivity contribution in [1.29, 1.82) is 0 Å². The molecule has 0 atom stereocenters. The van der Waals surface area contributed by atoms with Gasteiger partial charge in [-0.3, -0.25) is 0 Å². The van der Waals surface area contributed by atoms with E-state index in [0.29, 0.717) is 12.0 Å². The summed E-state index contributed by atoms with van der Waals surface area (Å²) in [7, 11) is 0. The molecule has 0 spiro atoms. The lowest BCUT2D eigenvalue weighted by Gasteiger charge is -2.24. The van der Waals surface area contributed by atoms with Crippen molar-refractivity contribution >= 4 is 16.7 Å². The summed E-state index contributed by atoms with van der Waals surface area (Å²) in [6, 6.07) is 10.6. The van der Waals surface area contributed by atoms with Crippen LogP contribution < -0.4 is 5.32 Å². The van der Waals surface area contributed by atoms with Gasteiger partial charge in [0.05, 0.1) is 11.2 Å². The van der Waals surface area contributed by atoms with Crippen molar-refractivity contribution < 1.29 is 0 Å². The highest BCUT2D eigenvalue weighted by atomic mass is 15.3. The molecule has 2 heterocycles. The van der Waals surface area contributed by atoms with Crippen molar-refractivity contribution in [2.75, 3.05) is 5.32 Å². The van der Waals surface area contributed by atoms with Crippen LogP contribution in [0.5, 0.6) is 0 Å². The maximum atomic E-state index is 4.76. The molecular weight excluding hydrogens is 286 g/mol. The zero-order valence-electron chi connectivity index (χ0n) is 13.4. The third kappa shape index (κ3) is 2.91. The van der Waals surface area contributed by atoms with Gasteiger partial charge >= 0.3 is 0 Å². The second-order valence-corrected chi connectivity index (χ2v) is 6.27. The predicted octanol–water partition coefficient (Wildman–Crippen LogP) is 3.87. The third-order valence-corrected chi connectivity index (χ3v) is 4.46. The van der Waals surface area contributed by atoms with Gasteiger partial charge in [-0.15, -0.1) is 0 Å². The second kappa shape index (κ2) is 5.99. The van der Waals surface area contributed by atoms with Crippen LogP contribution in [0.15, 0.2) is 36.5 Å². The van der Waals surface area contributed by atoms with E-state index in [9.17, 15) is 0 Å². The third-order valence-electron chi connectivity index (χ3n) is 4.46. The Kier molecular flexibility index (Phi) is 3.69. The Bertz CT molecular complexity index is 817. The average molecular weight is 307 g/mol. The van der Waals surface area contributed by atoms with Gasteiger partial charge in [0.25, 0.3) is 5.95 Å². The highest BCUT2D eigenvalue weighted by Crippen LogP contribution is 2.26. The monoisotopic (exact) mass is 307 g/mol. The predicted molar refractivity (Wildman–Crippen MR) is 91.9 cm³/mol. The highest BCUT2D eigenvalue weighted by molar-refractivity contribution is 5.89. The quantitative estimate of drug-likeness (QED) is 0.798. The molecule has 1 fully saturated rings. The van der Waals surface area contributed by atoms with E-state index in [1.807, 2.05) is 37.4 Å². The Balaban J connectivity index is 1.77. The first kappa shape index (κ1) is 14.2. The normalized spacial score (nSPS) is 15.9. The Morgan fingerprint density at radius 1 is 1.04 bits per heavy atom. The van der Waals surface area contributed by atoms with Crippen LogP contribution in [0.3, 0.4) is 0 Å². The summed E-state index contributed by atoms with van der Waals surface area (Å²) >= 11 is 0. The fourth-order valence-corrected chi connectivity index (χ4v) is 3.24. The minimum absolute atomic E-state index is 0.509. The van der Waals surface area contributed by atoms with Gasteiger partial charge in [-0.2, -0.15) is 10.1 Å². The van der Waals surface area contributed by atoms with Gasteiger partial charge in [-0.1, -0.05) is 31.4 Å². The zero-order chi connectivity index (χ0) is 15.6. The first-order valence-electron chi connectivity index (χ1n) is 8.35. The second-order valence-electron chi connectivity index (χ2n) is 6.27. The van der Waals surface area contributed by atoms with Crippen LogP contribution in [0, 0.1) is 6.92 Å². The number of aryl methyl sites for hydroxylation is 1. The molecule has 3 aromatic rings. The van der Waals surface area contributed by atoms with Crippen molar-refractivity contribution in [1.82, 2.24) is 19.7 Å². The Labute approximate surface area is 135 Å². The summed E-state index contributed by atoms with van der Waals surface area (Å²) in [4.78, 5) is 9.42. The van der Waals surface area contributed by atoms with Crippen LogP contribution in [0.1, 0.15) is 37.8 Å². The summed E-state index contributed by atoms with van der Waals surface area (Å²) in [5.74, 6) is 1.54. The SMILES string of the molecule is Cc1ccn(-c2nc(NC3CCCCC3)c3ccccc3n2)n1. The molecule has 2 aromatic heterocycles. The molecule has 0 bridgehead atoms. The number of nitrogens with zero attached hydrogens (tertiary/aromatic N) is 4. The molecule has 0 unspecified atom stereocenters.